The Labute approximate surface area is 70.3 Å². The van der Waals surface area contributed by atoms with Gasteiger partial charge in [-0.25, -0.2) is 4.98 Å². The van der Waals surface area contributed by atoms with E-state index in [4.69, 9.17) is 0 Å². The molecule has 2 nitrogen and oxygen atoms in total. The van der Waals surface area contributed by atoms with E-state index in [0.717, 1.165) is 15.9 Å². The molecular weight excluding hydrogens is 156 g/mol. The van der Waals surface area contributed by atoms with Crippen LogP contribution in [0, 0.1) is 0 Å². The van der Waals surface area contributed by atoms with E-state index < -0.39 is 0 Å². The molecule has 0 atom stereocenters. The van der Waals surface area contributed by atoms with Gasteiger partial charge >= 0.3 is 0 Å². The fourth-order valence-corrected chi connectivity index (χ4v) is 1.31. The van der Waals surface area contributed by atoms with Gasteiger partial charge in [0.1, 0.15) is 0 Å². The van der Waals surface area contributed by atoms with E-state index in [0.29, 0.717) is 0 Å². The van der Waals surface area contributed by atoms with E-state index in [2.05, 4.69) is 17.6 Å². The summed E-state index contributed by atoms with van der Waals surface area (Å²) in [5, 5.41) is 0. The number of thiol groups is 1. The first kappa shape index (κ1) is 6.73. The van der Waals surface area contributed by atoms with Gasteiger partial charge in [-0.15, -0.1) is 12.6 Å². The number of fused-ring (bicyclic) bond motifs is 1. The summed E-state index contributed by atoms with van der Waals surface area (Å²) in [6.45, 7) is 0. The van der Waals surface area contributed by atoms with Crippen molar-refractivity contribution >= 4 is 23.7 Å². The maximum atomic E-state index is 4.24. The van der Waals surface area contributed by atoms with Gasteiger partial charge < -0.3 is 4.57 Å². The number of rotatable bonds is 0. The second-order valence-corrected chi connectivity index (χ2v) is 3.04. The van der Waals surface area contributed by atoms with Crippen molar-refractivity contribution < 1.29 is 0 Å². The van der Waals surface area contributed by atoms with Gasteiger partial charge in [0.2, 0.25) is 0 Å². The van der Waals surface area contributed by atoms with Crippen LogP contribution in [0.4, 0.5) is 0 Å². The minimum atomic E-state index is 0.973. The number of benzene rings is 1. The Balaban J connectivity index is 2.87. The fourth-order valence-electron chi connectivity index (χ4n) is 1.11. The van der Waals surface area contributed by atoms with Crippen LogP contribution >= 0.6 is 12.6 Å². The van der Waals surface area contributed by atoms with E-state index in [1.165, 1.54) is 0 Å². The molecule has 1 heterocycles. The first-order valence-electron chi connectivity index (χ1n) is 3.37. The molecule has 0 bridgehead atoms. The van der Waals surface area contributed by atoms with Gasteiger partial charge in [-0.05, 0) is 18.2 Å². The predicted octanol–water partition coefficient (Wildman–Crippen LogP) is 1.86. The lowest BCUT2D eigenvalue weighted by atomic mass is 10.3. The van der Waals surface area contributed by atoms with Gasteiger partial charge in [-0.3, -0.25) is 0 Å². The molecule has 1 aromatic heterocycles. The highest BCUT2D eigenvalue weighted by Crippen LogP contribution is 2.15. The van der Waals surface area contributed by atoms with Gasteiger partial charge in [0.05, 0.1) is 17.4 Å². The van der Waals surface area contributed by atoms with Crippen LogP contribution < -0.4 is 0 Å². The molecule has 0 aliphatic rings. The third-order valence-electron chi connectivity index (χ3n) is 1.71. The monoisotopic (exact) mass is 164 g/mol. The van der Waals surface area contributed by atoms with Crippen molar-refractivity contribution in [2.45, 2.75) is 4.90 Å². The van der Waals surface area contributed by atoms with Crippen LogP contribution in [-0.4, -0.2) is 9.55 Å². The van der Waals surface area contributed by atoms with E-state index >= 15 is 0 Å². The quantitative estimate of drug-likeness (QED) is 0.588. The lowest BCUT2D eigenvalue weighted by Gasteiger charge is -1.93. The number of aryl methyl sites for hydroxylation is 1. The number of nitrogens with zero attached hydrogens (tertiary/aromatic N) is 2. The van der Waals surface area contributed by atoms with Crippen LogP contribution in [0.5, 0.6) is 0 Å². The average Bonchev–Trinajstić information content (AvgIpc) is 2.33. The molecule has 0 aliphatic heterocycles. The fraction of sp³-hybridized carbons (Fsp3) is 0.125. The summed E-state index contributed by atoms with van der Waals surface area (Å²) in [7, 11) is 1.97. The molecule has 1 aromatic carbocycles. The molecule has 2 aromatic rings. The lowest BCUT2D eigenvalue weighted by molar-refractivity contribution is 0.946. The molecule has 3 heteroatoms. The highest BCUT2D eigenvalue weighted by atomic mass is 32.1. The van der Waals surface area contributed by atoms with Gasteiger partial charge in [0.15, 0.2) is 0 Å². The molecule has 0 fully saturated rings. The molecule has 11 heavy (non-hydrogen) atoms. The van der Waals surface area contributed by atoms with Gasteiger partial charge in [-0.1, -0.05) is 0 Å². The Morgan fingerprint density at radius 2 is 2.27 bits per heavy atom. The summed E-state index contributed by atoms with van der Waals surface area (Å²) in [6.07, 6.45) is 1.80. The second kappa shape index (κ2) is 2.27. The molecule has 0 amide bonds. The van der Waals surface area contributed by atoms with Crippen molar-refractivity contribution in [3.63, 3.8) is 0 Å². The first-order valence-corrected chi connectivity index (χ1v) is 3.82. The van der Waals surface area contributed by atoms with Gasteiger partial charge in [0.25, 0.3) is 0 Å². The summed E-state index contributed by atoms with van der Waals surface area (Å²) in [4.78, 5) is 5.16. The van der Waals surface area contributed by atoms with Crippen LogP contribution in [0.25, 0.3) is 11.0 Å². The molecule has 0 spiro atoms. The Morgan fingerprint density at radius 1 is 1.45 bits per heavy atom. The maximum absolute atomic E-state index is 4.24. The smallest absolute Gasteiger partial charge is 0.0955 e. The zero-order chi connectivity index (χ0) is 7.84. The van der Waals surface area contributed by atoms with Crippen molar-refractivity contribution in [1.29, 1.82) is 0 Å². The van der Waals surface area contributed by atoms with Crippen LogP contribution in [0.1, 0.15) is 0 Å². The normalized spacial score (nSPS) is 10.7. The highest BCUT2D eigenvalue weighted by molar-refractivity contribution is 7.80. The molecule has 0 N–H and O–H groups in total. The third kappa shape index (κ3) is 1.01. The topological polar surface area (TPSA) is 17.8 Å². The number of aromatic nitrogens is 2. The maximum Gasteiger partial charge on any atom is 0.0955 e. The summed E-state index contributed by atoms with van der Waals surface area (Å²) < 4.78 is 1.98. The predicted molar refractivity (Wildman–Crippen MR) is 48.0 cm³/mol. The number of hydrogen-bond donors (Lipinski definition) is 1. The number of hydrogen-bond acceptors (Lipinski definition) is 2. The van der Waals surface area contributed by atoms with Crippen molar-refractivity contribution in [2.75, 3.05) is 0 Å². The minimum absolute atomic E-state index is 0.973. The minimum Gasteiger partial charge on any atom is -0.334 e. The van der Waals surface area contributed by atoms with Crippen molar-refractivity contribution in [3.05, 3.63) is 24.5 Å². The Morgan fingerprint density at radius 3 is 3.09 bits per heavy atom. The van der Waals surface area contributed by atoms with Gasteiger partial charge in [0, 0.05) is 11.9 Å². The molecule has 0 aliphatic carbocycles. The number of imidazole rings is 1. The molecule has 0 saturated heterocycles. The zero-order valence-corrected chi connectivity index (χ0v) is 7.05. The molecule has 0 unspecified atom stereocenters. The summed E-state index contributed by atoms with van der Waals surface area (Å²) in [5.41, 5.74) is 2.14. The van der Waals surface area contributed by atoms with E-state index in [-0.39, 0.29) is 0 Å². The summed E-state index contributed by atoms with van der Waals surface area (Å²) >= 11 is 4.24. The Hall–Kier alpha value is -0.960. The SMILES string of the molecule is Cn1cnc2ccc(S)cc21. The second-order valence-electron chi connectivity index (χ2n) is 2.53. The van der Waals surface area contributed by atoms with Crippen LogP contribution in [0.3, 0.4) is 0 Å². The van der Waals surface area contributed by atoms with Crippen molar-refractivity contribution in [3.8, 4) is 0 Å². The highest BCUT2D eigenvalue weighted by Gasteiger charge is 1.97. The summed E-state index contributed by atoms with van der Waals surface area (Å²) in [6, 6.07) is 5.92. The molecule has 0 saturated carbocycles. The van der Waals surface area contributed by atoms with E-state index in [9.17, 15) is 0 Å². The first-order chi connectivity index (χ1) is 5.27. The van der Waals surface area contributed by atoms with Crippen LogP contribution in [0.15, 0.2) is 29.4 Å². The van der Waals surface area contributed by atoms with E-state index in [1.807, 2.05) is 29.8 Å². The van der Waals surface area contributed by atoms with Crippen molar-refractivity contribution in [2.24, 2.45) is 7.05 Å². The van der Waals surface area contributed by atoms with E-state index in [1.54, 1.807) is 6.33 Å². The average molecular weight is 164 g/mol. The molecule has 0 radical (unpaired) electrons. The Kier molecular flexibility index (Phi) is 1.39. The standard InChI is InChI=1S/C8H8N2S/c1-10-5-9-7-3-2-6(11)4-8(7)10/h2-5,11H,1H3. The van der Waals surface area contributed by atoms with Crippen LogP contribution in [0.2, 0.25) is 0 Å². The summed E-state index contributed by atoms with van der Waals surface area (Å²) in [5.74, 6) is 0. The molecule has 2 rings (SSSR count). The van der Waals surface area contributed by atoms with Gasteiger partial charge in [-0.2, -0.15) is 0 Å². The third-order valence-corrected chi connectivity index (χ3v) is 1.99. The van der Waals surface area contributed by atoms with Crippen molar-refractivity contribution in [1.82, 2.24) is 9.55 Å². The Bertz CT molecular complexity index is 392. The largest absolute Gasteiger partial charge is 0.334 e. The molecule has 56 valence electrons. The zero-order valence-electron chi connectivity index (χ0n) is 6.15. The van der Waals surface area contributed by atoms with Crippen LogP contribution in [-0.2, 0) is 7.05 Å². The lowest BCUT2D eigenvalue weighted by Crippen LogP contribution is -1.82. The molecular formula is C8H8N2S.